The fourth-order valence-electron chi connectivity index (χ4n) is 8.66. The van der Waals surface area contributed by atoms with Crippen LogP contribution in [0.15, 0.2) is 212 Å². The lowest BCUT2D eigenvalue weighted by Gasteiger charge is -2.38. The van der Waals surface area contributed by atoms with Crippen molar-refractivity contribution in [1.29, 1.82) is 0 Å². The van der Waals surface area contributed by atoms with Crippen LogP contribution < -0.4 is 4.90 Å². The molecule has 0 aromatic heterocycles. The maximum Gasteiger partial charge on any atom is 0.0734 e. The van der Waals surface area contributed by atoms with Gasteiger partial charge in [-0.3, -0.25) is 0 Å². The average Bonchev–Trinajstić information content (AvgIpc) is 3.54. The van der Waals surface area contributed by atoms with Gasteiger partial charge in [-0.05, 0) is 90.8 Å². The Balaban J connectivity index is 1.32. The summed E-state index contributed by atoms with van der Waals surface area (Å²) < 4.78 is 0. The van der Waals surface area contributed by atoms with E-state index in [0.717, 1.165) is 17.1 Å². The Hall–Kier alpha value is -6.70. The van der Waals surface area contributed by atoms with Crippen LogP contribution in [0.2, 0.25) is 0 Å². The number of benzene rings is 9. The quantitative estimate of drug-likeness (QED) is 0.171. The van der Waals surface area contributed by atoms with Crippen molar-refractivity contribution in [2.45, 2.75) is 5.41 Å². The van der Waals surface area contributed by atoms with Crippen LogP contribution in [0.25, 0.3) is 43.8 Å². The van der Waals surface area contributed by atoms with Gasteiger partial charge in [0.15, 0.2) is 0 Å². The fourth-order valence-corrected chi connectivity index (χ4v) is 8.66. The van der Waals surface area contributed by atoms with Crippen molar-refractivity contribution < 1.29 is 0 Å². The van der Waals surface area contributed by atoms with Crippen LogP contribution in [-0.4, -0.2) is 0 Å². The molecule has 244 valence electrons. The highest BCUT2D eigenvalue weighted by atomic mass is 15.1. The summed E-state index contributed by atoms with van der Waals surface area (Å²) in [6.07, 6.45) is 0. The molecule has 10 rings (SSSR count). The number of nitrogens with zero attached hydrogens (tertiary/aromatic N) is 1. The zero-order valence-corrected chi connectivity index (χ0v) is 28.7. The van der Waals surface area contributed by atoms with E-state index in [4.69, 9.17) is 0 Å². The van der Waals surface area contributed by atoms with Gasteiger partial charge in [0.25, 0.3) is 0 Å². The molecular weight excluding hydrogens is 627 g/mol. The van der Waals surface area contributed by atoms with Crippen LogP contribution in [0.3, 0.4) is 0 Å². The molecule has 0 aliphatic heterocycles. The highest BCUT2D eigenvalue weighted by Gasteiger charge is 2.49. The van der Waals surface area contributed by atoms with Crippen molar-refractivity contribution in [3.05, 3.63) is 235 Å². The Morgan fingerprint density at radius 3 is 1.63 bits per heavy atom. The van der Waals surface area contributed by atoms with E-state index in [1.165, 1.54) is 66.1 Å². The lowest BCUT2D eigenvalue weighted by molar-refractivity contribution is 0.768. The van der Waals surface area contributed by atoms with Crippen LogP contribution in [0.4, 0.5) is 17.1 Å². The highest BCUT2D eigenvalue weighted by Crippen LogP contribution is 2.61. The minimum atomic E-state index is -0.576. The standard InChI is InChI=1S/C51H35N/c1-4-15-36(16-5-1)38-27-31-43(32-28-38)52(44-33-29-37-17-10-11-19-40(37)35-44)48-26-14-25-46-49-45-24-13-12-18-39(45)30-34-47(49)51(50(46)48,41-20-6-2-7-21-41)42-22-8-3-9-23-42/h1-35H. The second kappa shape index (κ2) is 12.3. The van der Waals surface area contributed by atoms with Crippen molar-refractivity contribution in [3.63, 3.8) is 0 Å². The molecule has 0 N–H and O–H groups in total. The van der Waals surface area contributed by atoms with E-state index < -0.39 is 5.41 Å². The maximum absolute atomic E-state index is 2.48. The first-order valence-electron chi connectivity index (χ1n) is 18.0. The van der Waals surface area contributed by atoms with E-state index in [1.54, 1.807) is 0 Å². The summed E-state index contributed by atoms with van der Waals surface area (Å²) in [5, 5.41) is 4.96. The molecule has 1 heteroatoms. The lowest BCUT2D eigenvalue weighted by atomic mass is 9.67. The number of hydrogen-bond acceptors (Lipinski definition) is 1. The van der Waals surface area contributed by atoms with Gasteiger partial charge in [0, 0.05) is 16.9 Å². The number of rotatable bonds is 6. The van der Waals surface area contributed by atoms with Crippen LogP contribution >= 0.6 is 0 Å². The van der Waals surface area contributed by atoms with Crippen LogP contribution in [0.5, 0.6) is 0 Å². The van der Waals surface area contributed by atoms with E-state index in [1.807, 2.05) is 0 Å². The topological polar surface area (TPSA) is 3.24 Å². The van der Waals surface area contributed by atoms with Crippen molar-refractivity contribution >= 4 is 38.6 Å². The van der Waals surface area contributed by atoms with Gasteiger partial charge in [0.2, 0.25) is 0 Å². The normalized spacial score (nSPS) is 12.8. The summed E-state index contributed by atoms with van der Waals surface area (Å²) in [4.78, 5) is 2.48. The molecule has 0 amide bonds. The molecule has 0 atom stereocenters. The van der Waals surface area contributed by atoms with Crippen LogP contribution in [0.1, 0.15) is 22.3 Å². The molecule has 52 heavy (non-hydrogen) atoms. The van der Waals surface area contributed by atoms with Gasteiger partial charge in [-0.25, -0.2) is 0 Å². The van der Waals surface area contributed by atoms with Gasteiger partial charge in [-0.15, -0.1) is 0 Å². The third-order valence-corrected chi connectivity index (χ3v) is 10.9. The molecule has 0 bridgehead atoms. The molecule has 0 spiro atoms. The largest absolute Gasteiger partial charge is 0.310 e. The molecular formula is C51H35N. The first-order chi connectivity index (χ1) is 25.8. The molecule has 1 aliphatic carbocycles. The van der Waals surface area contributed by atoms with Gasteiger partial charge in [0.05, 0.1) is 11.1 Å². The van der Waals surface area contributed by atoms with Crippen molar-refractivity contribution in [1.82, 2.24) is 0 Å². The minimum Gasteiger partial charge on any atom is -0.310 e. The van der Waals surface area contributed by atoms with Gasteiger partial charge in [-0.2, -0.15) is 0 Å². The summed E-state index contributed by atoms with van der Waals surface area (Å²) in [7, 11) is 0. The molecule has 0 heterocycles. The summed E-state index contributed by atoms with van der Waals surface area (Å²) in [5.41, 5.74) is 12.9. The Morgan fingerprint density at radius 1 is 0.365 bits per heavy atom. The van der Waals surface area contributed by atoms with Crippen LogP contribution in [-0.2, 0) is 5.41 Å². The van der Waals surface area contributed by atoms with Gasteiger partial charge >= 0.3 is 0 Å². The smallest absolute Gasteiger partial charge is 0.0734 e. The SMILES string of the molecule is c1ccc(-c2ccc(N(c3ccc4ccccc4c3)c3cccc4c3C(c3ccccc3)(c3ccccc3)c3ccc5ccccc5c3-4)cc2)cc1. The molecule has 9 aromatic carbocycles. The van der Waals surface area contributed by atoms with E-state index in [9.17, 15) is 0 Å². The Labute approximate surface area is 304 Å². The van der Waals surface area contributed by atoms with E-state index >= 15 is 0 Å². The predicted octanol–water partition coefficient (Wildman–Crippen LogP) is 13.5. The molecule has 0 radical (unpaired) electrons. The maximum atomic E-state index is 2.48. The monoisotopic (exact) mass is 661 g/mol. The Bertz CT molecular complexity index is 2670. The Kier molecular flexibility index (Phi) is 7.11. The molecule has 0 unspecified atom stereocenters. The molecule has 1 nitrogen and oxygen atoms in total. The van der Waals surface area contributed by atoms with Crippen molar-refractivity contribution in [2.24, 2.45) is 0 Å². The van der Waals surface area contributed by atoms with Crippen molar-refractivity contribution in [3.8, 4) is 22.3 Å². The minimum absolute atomic E-state index is 0.576. The third kappa shape index (κ3) is 4.63. The summed E-state index contributed by atoms with van der Waals surface area (Å²) in [6, 6.07) is 77.9. The van der Waals surface area contributed by atoms with Gasteiger partial charge in [0.1, 0.15) is 0 Å². The van der Waals surface area contributed by atoms with E-state index in [2.05, 4.69) is 217 Å². The molecule has 0 saturated carbocycles. The number of hydrogen-bond donors (Lipinski definition) is 0. The number of fused-ring (bicyclic) bond motifs is 6. The van der Waals surface area contributed by atoms with Gasteiger partial charge in [-0.1, -0.05) is 182 Å². The summed E-state index contributed by atoms with van der Waals surface area (Å²) in [5.74, 6) is 0. The second-order valence-corrected chi connectivity index (χ2v) is 13.7. The third-order valence-electron chi connectivity index (χ3n) is 10.9. The van der Waals surface area contributed by atoms with E-state index in [-0.39, 0.29) is 0 Å². The number of anilines is 3. The van der Waals surface area contributed by atoms with E-state index in [0.29, 0.717) is 0 Å². The highest BCUT2D eigenvalue weighted by molar-refractivity contribution is 6.06. The Morgan fingerprint density at radius 2 is 0.923 bits per heavy atom. The molecule has 9 aromatic rings. The second-order valence-electron chi connectivity index (χ2n) is 13.7. The fraction of sp³-hybridized carbons (Fsp3) is 0.0196. The zero-order valence-electron chi connectivity index (χ0n) is 28.7. The summed E-state index contributed by atoms with van der Waals surface area (Å²) in [6.45, 7) is 0. The van der Waals surface area contributed by atoms with Crippen LogP contribution in [0, 0.1) is 0 Å². The first kappa shape index (κ1) is 30.2. The average molecular weight is 662 g/mol. The molecule has 0 saturated heterocycles. The summed E-state index contributed by atoms with van der Waals surface area (Å²) >= 11 is 0. The van der Waals surface area contributed by atoms with Gasteiger partial charge < -0.3 is 4.90 Å². The molecule has 0 fully saturated rings. The molecule has 1 aliphatic rings. The first-order valence-corrected chi connectivity index (χ1v) is 18.0. The zero-order chi connectivity index (χ0) is 34.5. The predicted molar refractivity (Wildman–Crippen MR) is 219 cm³/mol. The van der Waals surface area contributed by atoms with Crippen molar-refractivity contribution in [2.75, 3.05) is 4.90 Å². The lowest BCUT2D eigenvalue weighted by Crippen LogP contribution is -2.30.